The zero-order valence-corrected chi connectivity index (χ0v) is 25.2. The van der Waals surface area contributed by atoms with Crippen LogP contribution in [0.3, 0.4) is 0 Å². The number of ether oxygens (including phenoxy) is 3. The van der Waals surface area contributed by atoms with E-state index in [2.05, 4.69) is 16.4 Å². The zero-order valence-electron chi connectivity index (χ0n) is 25.2. The van der Waals surface area contributed by atoms with Gasteiger partial charge in [0.15, 0.2) is 11.9 Å². The highest BCUT2D eigenvalue weighted by molar-refractivity contribution is 5.97. The van der Waals surface area contributed by atoms with Crippen LogP contribution in [0.5, 0.6) is 0 Å². The number of carbonyl (C=O) groups excluding carboxylic acids is 2. The second-order valence-corrected chi connectivity index (χ2v) is 12.3. The van der Waals surface area contributed by atoms with Gasteiger partial charge in [-0.2, -0.15) is 10.4 Å². The minimum absolute atomic E-state index is 0.00980. The van der Waals surface area contributed by atoms with Gasteiger partial charge >= 0.3 is 5.97 Å². The van der Waals surface area contributed by atoms with Gasteiger partial charge in [0, 0.05) is 24.0 Å². The number of hydrogen-bond donors (Lipinski definition) is 2. The molecule has 2 aliphatic rings. The number of aromatic nitrogens is 3. The Labute approximate surface area is 249 Å². The molecule has 2 N–H and O–H groups in total. The van der Waals surface area contributed by atoms with E-state index in [9.17, 15) is 19.6 Å². The largest absolute Gasteiger partial charge is 0.458 e. The van der Waals surface area contributed by atoms with Gasteiger partial charge in [0.2, 0.25) is 0 Å². The van der Waals surface area contributed by atoms with Crippen LogP contribution in [0.1, 0.15) is 62.9 Å². The molecule has 12 heteroatoms. The normalized spacial score (nSPS) is 22.7. The predicted octanol–water partition coefficient (Wildman–Crippen LogP) is 3.77. The number of fused-ring (bicyclic) bond motifs is 1. The number of nitriles is 1. The number of rotatable bonds is 6. The van der Waals surface area contributed by atoms with Crippen molar-refractivity contribution in [2.24, 2.45) is 0 Å². The van der Waals surface area contributed by atoms with E-state index in [1.54, 1.807) is 43.7 Å². The van der Waals surface area contributed by atoms with Crippen LogP contribution in [-0.2, 0) is 24.5 Å². The van der Waals surface area contributed by atoms with Gasteiger partial charge in [-0.25, -0.2) is 4.79 Å². The van der Waals surface area contributed by atoms with Gasteiger partial charge in [0.25, 0.3) is 11.5 Å². The van der Waals surface area contributed by atoms with Gasteiger partial charge in [0.05, 0.1) is 49.4 Å². The Morgan fingerprint density at radius 3 is 2.74 bits per heavy atom. The number of esters is 1. The van der Waals surface area contributed by atoms with Gasteiger partial charge in [-0.1, -0.05) is 0 Å². The van der Waals surface area contributed by atoms with E-state index in [4.69, 9.17) is 19.3 Å². The van der Waals surface area contributed by atoms with Crippen LogP contribution < -0.4 is 10.9 Å². The molecule has 0 spiro atoms. The summed E-state index contributed by atoms with van der Waals surface area (Å²) in [7, 11) is 0. The number of aryl methyl sites for hydroxylation is 1. The molecule has 2 fully saturated rings. The molecule has 0 aliphatic carbocycles. The summed E-state index contributed by atoms with van der Waals surface area (Å²) in [6.45, 7) is 10.8. The molecule has 2 aliphatic heterocycles. The fourth-order valence-corrected chi connectivity index (χ4v) is 5.72. The summed E-state index contributed by atoms with van der Waals surface area (Å²) in [6, 6.07) is 9.38. The summed E-state index contributed by atoms with van der Waals surface area (Å²) in [4.78, 5) is 43.5. The van der Waals surface area contributed by atoms with Crippen LogP contribution in [-0.4, -0.2) is 75.7 Å². The van der Waals surface area contributed by atoms with Crippen molar-refractivity contribution < 1.29 is 23.8 Å². The number of pyridine rings is 1. The van der Waals surface area contributed by atoms with Crippen molar-refractivity contribution in [1.82, 2.24) is 19.7 Å². The van der Waals surface area contributed by atoms with E-state index in [-0.39, 0.29) is 30.5 Å². The Morgan fingerprint density at radius 2 is 2.09 bits per heavy atom. The number of morpholine rings is 1. The molecule has 1 aromatic carbocycles. The Morgan fingerprint density at radius 1 is 1.30 bits per heavy atom. The molecule has 3 aromatic rings. The van der Waals surface area contributed by atoms with Crippen LogP contribution >= 0.6 is 0 Å². The Hall–Kier alpha value is -4.21. The molecule has 0 unspecified atom stereocenters. The number of nitrogens with one attached hydrogen (secondary N) is 2. The highest BCUT2D eigenvalue weighted by atomic mass is 16.6. The van der Waals surface area contributed by atoms with E-state index >= 15 is 0 Å². The molecule has 2 saturated heterocycles. The number of amides is 1. The summed E-state index contributed by atoms with van der Waals surface area (Å²) >= 11 is 0. The quantitative estimate of drug-likeness (QED) is 0.409. The van der Waals surface area contributed by atoms with Crippen molar-refractivity contribution in [2.75, 3.05) is 31.7 Å². The zero-order chi connectivity index (χ0) is 30.9. The smallest absolute Gasteiger partial charge is 0.335 e. The standard InChI is InChI=1S/C31H38N6O6/c1-19-16-21(6-7-22(19)28(39)36-14-15-41-17-20(36)2)34-26-25-23(9-13-33-27(25)38)37(35-26)31(11-12-32)10-8-24(42-18-31)29(40)43-30(3,4)5/h6-7,9,13,16,20,24H,8,10-11,14-15,17-18H2,1-5H3,(H,33,38)(H,34,35)/t20-,24+,31+/m1/s1. The lowest BCUT2D eigenvalue weighted by molar-refractivity contribution is -0.176. The van der Waals surface area contributed by atoms with Gasteiger partial charge in [-0.3, -0.25) is 14.3 Å². The Bertz CT molecular complexity index is 1620. The average molecular weight is 591 g/mol. The lowest BCUT2D eigenvalue weighted by atomic mass is 9.87. The molecule has 0 radical (unpaired) electrons. The molecule has 3 atom stereocenters. The van der Waals surface area contributed by atoms with Crippen molar-refractivity contribution in [3.8, 4) is 6.07 Å². The number of carbonyl (C=O) groups is 2. The van der Waals surface area contributed by atoms with Crippen molar-refractivity contribution in [3.63, 3.8) is 0 Å². The van der Waals surface area contributed by atoms with Gasteiger partial charge in [-0.15, -0.1) is 0 Å². The first-order valence-corrected chi connectivity index (χ1v) is 14.5. The first kappa shape index (κ1) is 30.3. The molecule has 12 nitrogen and oxygen atoms in total. The maximum atomic E-state index is 13.3. The second kappa shape index (κ2) is 11.8. The number of aromatic amines is 1. The first-order valence-electron chi connectivity index (χ1n) is 14.5. The molecule has 43 heavy (non-hydrogen) atoms. The summed E-state index contributed by atoms with van der Waals surface area (Å²) in [5.74, 6) is -0.183. The summed E-state index contributed by atoms with van der Waals surface area (Å²) in [5.41, 5.74) is 0.669. The molecule has 5 rings (SSSR count). The average Bonchev–Trinajstić information content (AvgIpc) is 3.33. The van der Waals surface area contributed by atoms with Gasteiger partial charge in [0.1, 0.15) is 11.0 Å². The Balaban J connectivity index is 1.44. The van der Waals surface area contributed by atoms with Crippen molar-refractivity contribution in [2.45, 2.75) is 77.2 Å². The minimum Gasteiger partial charge on any atom is -0.458 e. The number of anilines is 2. The van der Waals surface area contributed by atoms with Crippen LogP contribution in [0.4, 0.5) is 11.5 Å². The number of nitrogens with zero attached hydrogens (tertiary/aromatic N) is 4. The summed E-state index contributed by atoms with van der Waals surface area (Å²) in [6.07, 6.45) is 1.60. The molecule has 2 aromatic heterocycles. The second-order valence-electron chi connectivity index (χ2n) is 12.3. The monoisotopic (exact) mass is 590 g/mol. The molecular weight excluding hydrogens is 552 g/mol. The van der Waals surface area contributed by atoms with Crippen LogP contribution in [0.15, 0.2) is 35.3 Å². The van der Waals surface area contributed by atoms with Gasteiger partial charge < -0.3 is 29.4 Å². The molecule has 0 saturated carbocycles. The molecule has 1 amide bonds. The molecule has 4 heterocycles. The van der Waals surface area contributed by atoms with E-state index in [1.807, 2.05) is 24.8 Å². The lowest BCUT2D eigenvalue weighted by Gasteiger charge is -2.39. The Kier molecular flexibility index (Phi) is 8.31. The third-order valence-electron chi connectivity index (χ3n) is 7.90. The van der Waals surface area contributed by atoms with Crippen molar-refractivity contribution in [1.29, 1.82) is 5.26 Å². The minimum atomic E-state index is -0.903. The van der Waals surface area contributed by atoms with Crippen LogP contribution in [0.25, 0.3) is 10.9 Å². The summed E-state index contributed by atoms with van der Waals surface area (Å²) in [5, 5.41) is 18.2. The third kappa shape index (κ3) is 6.14. The number of hydrogen-bond acceptors (Lipinski definition) is 9. The van der Waals surface area contributed by atoms with Crippen LogP contribution in [0, 0.1) is 18.3 Å². The van der Waals surface area contributed by atoms with E-state index in [0.717, 1.165) is 5.56 Å². The lowest BCUT2D eigenvalue weighted by Crippen LogP contribution is -2.47. The molecule has 228 valence electrons. The first-order chi connectivity index (χ1) is 20.4. The highest BCUT2D eigenvalue weighted by Crippen LogP contribution is 2.37. The molecule has 0 bridgehead atoms. The fraction of sp³-hybridized carbons (Fsp3) is 0.516. The summed E-state index contributed by atoms with van der Waals surface area (Å²) < 4.78 is 18.6. The number of benzene rings is 1. The van der Waals surface area contributed by atoms with Crippen LogP contribution in [0.2, 0.25) is 0 Å². The van der Waals surface area contributed by atoms with E-state index < -0.39 is 23.2 Å². The molecular formula is C31H38N6O6. The van der Waals surface area contributed by atoms with Crippen molar-refractivity contribution >= 4 is 34.3 Å². The van der Waals surface area contributed by atoms with Crippen molar-refractivity contribution in [3.05, 3.63) is 51.9 Å². The maximum absolute atomic E-state index is 13.3. The van der Waals surface area contributed by atoms with E-state index in [0.29, 0.717) is 60.6 Å². The SMILES string of the molecule is Cc1cc(Nc2nn([C@]3(CC#N)CC[C@@H](C(=O)OC(C)(C)C)OC3)c3cc[nH]c(=O)c23)ccc1C(=O)N1CCOC[C@H]1C. The predicted molar refractivity (Wildman–Crippen MR) is 159 cm³/mol. The number of H-pyrrole nitrogens is 1. The van der Waals surface area contributed by atoms with Gasteiger partial charge in [-0.05, 0) is 77.3 Å². The maximum Gasteiger partial charge on any atom is 0.335 e. The third-order valence-corrected chi connectivity index (χ3v) is 7.90. The van der Waals surface area contributed by atoms with E-state index in [1.165, 1.54) is 6.20 Å². The highest BCUT2D eigenvalue weighted by Gasteiger charge is 2.43. The fourth-order valence-electron chi connectivity index (χ4n) is 5.72. The topological polar surface area (TPSA) is 152 Å².